The van der Waals surface area contributed by atoms with Gasteiger partial charge in [-0.2, -0.15) is 0 Å². The van der Waals surface area contributed by atoms with Crippen LogP contribution in [-0.4, -0.2) is 4.57 Å². The third-order valence-electron chi connectivity index (χ3n) is 6.08. The molecular formula is C30H20BrN. The fourth-order valence-corrected chi connectivity index (χ4v) is 4.95. The normalized spacial score (nSPS) is 11.3. The van der Waals surface area contributed by atoms with Gasteiger partial charge in [-0.1, -0.05) is 107 Å². The minimum Gasteiger partial charge on any atom is -0.309 e. The van der Waals surface area contributed by atoms with Gasteiger partial charge in [0.05, 0.1) is 16.7 Å². The average Bonchev–Trinajstić information content (AvgIpc) is 3.18. The lowest BCUT2D eigenvalue weighted by Crippen LogP contribution is -1.97. The molecule has 152 valence electrons. The van der Waals surface area contributed by atoms with Crippen molar-refractivity contribution in [3.05, 3.63) is 126 Å². The summed E-state index contributed by atoms with van der Waals surface area (Å²) in [5.41, 5.74) is 8.51. The summed E-state index contributed by atoms with van der Waals surface area (Å²) >= 11 is 3.65. The van der Waals surface area contributed by atoms with E-state index < -0.39 is 0 Å². The fourth-order valence-electron chi connectivity index (χ4n) is 4.59. The number of hydrogen-bond acceptors (Lipinski definition) is 0. The van der Waals surface area contributed by atoms with E-state index in [1.54, 1.807) is 0 Å². The highest BCUT2D eigenvalue weighted by atomic mass is 79.9. The van der Waals surface area contributed by atoms with E-state index in [9.17, 15) is 0 Å². The maximum Gasteiger partial charge on any atom is 0.0542 e. The second kappa shape index (κ2) is 7.81. The maximum absolute atomic E-state index is 3.65. The molecule has 0 bridgehead atoms. The third kappa shape index (κ3) is 3.16. The molecule has 0 aliphatic heterocycles. The Morgan fingerprint density at radius 3 is 1.94 bits per heavy atom. The first-order valence-electron chi connectivity index (χ1n) is 10.7. The quantitative estimate of drug-likeness (QED) is 0.241. The van der Waals surface area contributed by atoms with E-state index in [1.807, 2.05) is 0 Å². The number of hydrogen-bond donors (Lipinski definition) is 0. The van der Waals surface area contributed by atoms with Crippen molar-refractivity contribution in [1.29, 1.82) is 0 Å². The molecular weight excluding hydrogens is 454 g/mol. The maximum atomic E-state index is 3.65. The zero-order chi connectivity index (χ0) is 21.5. The molecule has 5 aromatic carbocycles. The van der Waals surface area contributed by atoms with Crippen molar-refractivity contribution in [2.45, 2.75) is 0 Å². The van der Waals surface area contributed by atoms with Crippen LogP contribution in [0.3, 0.4) is 0 Å². The van der Waals surface area contributed by atoms with Crippen LogP contribution in [0.5, 0.6) is 0 Å². The minimum atomic E-state index is 1.10. The van der Waals surface area contributed by atoms with Gasteiger partial charge in [-0.3, -0.25) is 0 Å². The molecule has 1 heterocycles. The molecule has 6 rings (SSSR count). The first-order valence-corrected chi connectivity index (χ1v) is 11.5. The molecule has 0 saturated carbocycles. The Morgan fingerprint density at radius 1 is 0.469 bits per heavy atom. The SMILES string of the molecule is Brc1ccc2c(c1)c1ccccc1n2-c1ccccc1-c1ccc(-c2ccccc2)cc1. The Bertz CT molecular complexity index is 1560. The number of fused-ring (bicyclic) bond motifs is 3. The summed E-state index contributed by atoms with van der Waals surface area (Å²) < 4.78 is 3.48. The standard InChI is InChI=1S/C30H20BrN/c31-24-18-19-30-27(20-24)26-11-5-7-13-29(26)32(30)28-12-6-4-10-25(28)23-16-14-22(15-17-23)21-8-2-1-3-9-21/h1-20H. The van der Waals surface area contributed by atoms with Crippen LogP contribution in [0.4, 0.5) is 0 Å². The van der Waals surface area contributed by atoms with E-state index in [0.29, 0.717) is 0 Å². The molecule has 6 aromatic rings. The fraction of sp³-hybridized carbons (Fsp3) is 0. The zero-order valence-corrected chi connectivity index (χ0v) is 19.0. The Hall–Kier alpha value is -3.62. The summed E-state index contributed by atoms with van der Waals surface area (Å²) in [6.07, 6.45) is 0. The van der Waals surface area contributed by atoms with Crippen LogP contribution in [-0.2, 0) is 0 Å². The third-order valence-corrected chi connectivity index (χ3v) is 6.58. The second-order valence-electron chi connectivity index (χ2n) is 7.97. The number of para-hydroxylation sites is 2. The molecule has 0 saturated heterocycles. The summed E-state index contributed by atoms with van der Waals surface area (Å²) in [6.45, 7) is 0. The highest BCUT2D eigenvalue weighted by Gasteiger charge is 2.15. The number of benzene rings is 5. The largest absolute Gasteiger partial charge is 0.309 e. The van der Waals surface area contributed by atoms with Crippen LogP contribution in [0.15, 0.2) is 126 Å². The van der Waals surface area contributed by atoms with Crippen LogP contribution in [0.1, 0.15) is 0 Å². The van der Waals surface area contributed by atoms with Gasteiger partial charge in [-0.25, -0.2) is 0 Å². The summed E-state index contributed by atoms with van der Waals surface area (Å²) in [5.74, 6) is 0. The molecule has 0 aliphatic rings. The molecule has 0 unspecified atom stereocenters. The van der Waals surface area contributed by atoms with Crippen molar-refractivity contribution in [2.75, 3.05) is 0 Å². The van der Waals surface area contributed by atoms with Gasteiger partial charge in [-0.05, 0) is 47.0 Å². The van der Waals surface area contributed by atoms with E-state index in [-0.39, 0.29) is 0 Å². The molecule has 0 amide bonds. The average molecular weight is 474 g/mol. The number of aromatic nitrogens is 1. The summed E-state index contributed by atoms with van der Waals surface area (Å²) in [4.78, 5) is 0. The van der Waals surface area contributed by atoms with Crippen molar-refractivity contribution >= 4 is 37.7 Å². The first-order chi connectivity index (χ1) is 15.8. The lowest BCUT2D eigenvalue weighted by Gasteiger charge is -2.14. The molecule has 0 radical (unpaired) electrons. The minimum absolute atomic E-state index is 1.10. The van der Waals surface area contributed by atoms with Crippen LogP contribution in [0.2, 0.25) is 0 Å². The summed E-state index contributed by atoms with van der Waals surface area (Å²) in [7, 11) is 0. The van der Waals surface area contributed by atoms with Gasteiger partial charge in [0.1, 0.15) is 0 Å². The smallest absolute Gasteiger partial charge is 0.0542 e. The van der Waals surface area contributed by atoms with Crippen molar-refractivity contribution in [1.82, 2.24) is 4.57 Å². The molecule has 1 nitrogen and oxygen atoms in total. The predicted octanol–water partition coefficient (Wildman–Crippen LogP) is 8.88. The van der Waals surface area contributed by atoms with Crippen LogP contribution in [0, 0.1) is 0 Å². The van der Waals surface area contributed by atoms with Gasteiger partial charge >= 0.3 is 0 Å². The van der Waals surface area contributed by atoms with Crippen LogP contribution in [0.25, 0.3) is 49.7 Å². The molecule has 32 heavy (non-hydrogen) atoms. The Labute approximate surface area is 195 Å². The summed E-state index contributed by atoms with van der Waals surface area (Å²) in [6, 6.07) is 43.3. The number of halogens is 1. The molecule has 0 atom stereocenters. The number of nitrogens with zero attached hydrogens (tertiary/aromatic N) is 1. The molecule has 2 heteroatoms. The molecule has 0 aliphatic carbocycles. The van der Waals surface area contributed by atoms with E-state index in [4.69, 9.17) is 0 Å². The zero-order valence-electron chi connectivity index (χ0n) is 17.4. The van der Waals surface area contributed by atoms with Gasteiger partial charge in [0.25, 0.3) is 0 Å². The van der Waals surface area contributed by atoms with Crippen molar-refractivity contribution in [3.8, 4) is 27.9 Å². The van der Waals surface area contributed by atoms with Crippen LogP contribution < -0.4 is 0 Å². The Balaban J connectivity index is 1.56. The van der Waals surface area contributed by atoms with Crippen LogP contribution >= 0.6 is 15.9 Å². The predicted molar refractivity (Wildman–Crippen MR) is 139 cm³/mol. The number of rotatable bonds is 3. The van der Waals surface area contributed by atoms with Gasteiger partial charge in [0.15, 0.2) is 0 Å². The topological polar surface area (TPSA) is 4.93 Å². The van der Waals surface area contributed by atoms with Gasteiger partial charge in [0.2, 0.25) is 0 Å². The molecule has 1 aromatic heterocycles. The Kier molecular flexibility index (Phi) is 4.66. The van der Waals surface area contributed by atoms with Crippen molar-refractivity contribution in [3.63, 3.8) is 0 Å². The van der Waals surface area contributed by atoms with Gasteiger partial charge < -0.3 is 4.57 Å². The Morgan fingerprint density at radius 2 is 1.09 bits per heavy atom. The van der Waals surface area contributed by atoms with Gasteiger partial charge in [0, 0.05) is 20.8 Å². The first kappa shape index (κ1) is 19.1. The molecule has 0 spiro atoms. The monoisotopic (exact) mass is 473 g/mol. The van der Waals surface area contributed by atoms with Crippen molar-refractivity contribution < 1.29 is 0 Å². The lowest BCUT2D eigenvalue weighted by atomic mass is 9.99. The molecule has 0 fully saturated rings. The highest BCUT2D eigenvalue weighted by Crippen LogP contribution is 2.37. The van der Waals surface area contributed by atoms with Gasteiger partial charge in [-0.15, -0.1) is 0 Å². The second-order valence-corrected chi connectivity index (χ2v) is 8.89. The van der Waals surface area contributed by atoms with E-state index >= 15 is 0 Å². The summed E-state index contributed by atoms with van der Waals surface area (Å²) in [5, 5.41) is 2.52. The molecule has 0 N–H and O–H groups in total. The highest BCUT2D eigenvalue weighted by molar-refractivity contribution is 9.10. The van der Waals surface area contributed by atoms with Crippen molar-refractivity contribution in [2.24, 2.45) is 0 Å². The van der Waals surface area contributed by atoms with E-state index in [2.05, 4.69) is 142 Å². The van der Waals surface area contributed by atoms with E-state index in [1.165, 1.54) is 49.7 Å². The van der Waals surface area contributed by atoms with E-state index in [0.717, 1.165) is 4.47 Å². The lowest BCUT2D eigenvalue weighted by molar-refractivity contribution is 1.18.